The van der Waals surface area contributed by atoms with Crippen LogP contribution in [0.4, 0.5) is 5.69 Å². The number of benzene rings is 3. The largest absolute Gasteiger partial charge is 0.355 e. The Balaban J connectivity index is 1.87. The molecule has 5 heteroatoms. The zero-order chi connectivity index (χ0) is 19.4. The lowest BCUT2D eigenvalue weighted by atomic mass is 10.0. The Hall–Kier alpha value is -3.11. The fourth-order valence-corrected chi connectivity index (χ4v) is 3.13. The van der Waals surface area contributed by atoms with Gasteiger partial charge in [-0.15, -0.1) is 0 Å². The maximum atomic E-state index is 12.7. The predicted molar refractivity (Wildman–Crippen MR) is 109 cm³/mol. The van der Waals surface area contributed by atoms with Crippen LogP contribution in [0.5, 0.6) is 0 Å². The van der Waals surface area contributed by atoms with E-state index in [1.54, 1.807) is 31.2 Å². The monoisotopic (exact) mass is 378 g/mol. The first-order valence-corrected chi connectivity index (χ1v) is 8.86. The number of amides is 2. The van der Waals surface area contributed by atoms with Crippen molar-refractivity contribution >= 4 is 29.1 Å². The molecule has 0 atom stereocenters. The molecule has 0 aliphatic heterocycles. The molecular weight excluding hydrogens is 360 g/mol. The van der Waals surface area contributed by atoms with Crippen LogP contribution in [0, 0.1) is 6.92 Å². The smallest absolute Gasteiger partial charge is 0.255 e. The molecule has 0 radical (unpaired) electrons. The SMILES string of the molecule is CNC(=O)c1cc(Cl)cc(C)c1NC(=O)c1ccc(-c2ccccc2)cc1. The van der Waals surface area contributed by atoms with E-state index in [1.807, 2.05) is 42.5 Å². The van der Waals surface area contributed by atoms with Gasteiger partial charge in [0, 0.05) is 17.6 Å². The number of carbonyl (C=O) groups is 2. The number of nitrogens with one attached hydrogen (secondary N) is 2. The molecule has 0 bridgehead atoms. The van der Waals surface area contributed by atoms with Crippen molar-refractivity contribution in [3.05, 3.63) is 88.4 Å². The molecule has 27 heavy (non-hydrogen) atoms. The van der Waals surface area contributed by atoms with Crippen LogP contribution in [-0.4, -0.2) is 18.9 Å². The van der Waals surface area contributed by atoms with E-state index >= 15 is 0 Å². The van der Waals surface area contributed by atoms with Gasteiger partial charge in [0.25, 0.3) is 11.8 Å². The Morgan fingerprint density at radius 2 is 1.48 bits per heavy atom. The van der Waals surface area contributed by atoms with Crippen molar-refractivity contribution in [2.45, 2.75) is 6.92 Å². The van der Waals surface area contributed by atoms with Crippen LogP contribution in [0.2, 0.25) is 5.02 Å². The first-order valence-electron chi connectivity index (χ1n) is 8.48. The van der Waals surface area contributed by atoms with Crippen LogP contribution >= 0.6 is 11.6 Å². The first-order chi connectivity index (χ1) is 13.0. The minimum absolute atomic E-state index is 0.287. The van der Waals surface area contributed by atoms with Gasteiger partial charge in [-0.3, -0.25) is 9.59 Å². The summed E-state index contributed by atoms with van der Waals surface area (Å²) in [5.41, 5.74) is 4.12. The van der Waals surface area contributed by atoms with Crippen LogP contribution < -0.4 is 10.6 Å². The molecule has 2 N–H and O–H groups in total. The van der Waals surface area contributed by atoms with Crippen LogP contribution in [0.15, 0.2) is 66.7 Å². The van der Waals surface area contributed by atoms with Crippen molar-refractivity contribution < 1.29 is 9.59 Å². The highest BCUT2D eigenvalue weighted by atomic mass is 35.5. The lowest BCUT2D eigenvalue weighted by Gasteiger charge is -2.14. The van der Waals surface area contributed by atoms with Gasteiger partial charge in [-0.25, -0.2) is 0 Å². The Morgan fingerprint density at radius 3 is 2.11 bits per heavy atom. The van der Waals surface area contributed by atoms with Crippen molar-refractivity contribution in [1.29, 1.82) is 0 Å². The van der Waals surface area contributed by atoms with E-state index in [0.29, 0.717) is 21.8 Å². The van der Waals surface area contributed by atoms with E-state index in [9.17, 15) is 9.59 Å². The van der Waals surface area contributed by atoms with E-state index in [1.165, 1.54) is 7.05 Å². The molecule has 2 amide bonds. The zero-order valence-electron chi connectivity index (χ0n) is 15.0. The summed E-state index contributed by atoms with van der Waals surface area (Å²) in [6, 6.07) is 20.5. The third-order valence-electron chi connectivity index (χ3n) is 4.26. The normalized spacial score (nSPS) is 10.3. The summed E-state index contributed by atoms with van der Waals surface area (Å²) in [7, 11) is 1.53. The highest BCUT2D eigenvalue weighted by Crippen LogP contribution is 2.26. The molecule has 0 saturated heterocycles. The number of carbonyl (C=O) groups excluding carboxylic acids is 2. The second kappa shape index (κ2) is 8.06. The van der Waals surface area contributed by atoms with E-state index < -0.39 is 0 Å². The molecule has 136 valence electrons. The molecule has 0 heterocycles. The van der Waals surface area contributed by atoms with Crippen molar-refractivity contribution in [1.82, 2.24) is 5.32 Å². The molecule has 3 aromatic carbocycles. The first kappa shape index (κ1) is 18.7. The van der Waals surface area contributed by atoms with Gasteiger partial charge < -0.3 is 10.6 Å². The number of anilines is 1. The number of rotatable bonds is 4. The van der Waals surface area contributed by atoms with Crippen molar-refractivity contribution in [3.8, 4) is 11.1 Å². The summed E-state index contributed by atoms with van der Waals surface area (Å²) in [5, 5.41) is 5.85. The van der Waals surface area contributed by atoms with E-state index in [4.69, 9.17) is 11.6 Å². The summed E-state index contributed by atoms with van der Waals surface area (Å²) in [6.07, 6.45) is 0. The average Bonchev–Trinajstić information content (AvgIpc) is 2.70. The second-order valence-electron chi connectivity index (χ2n) is 6.12. The number of aryl methyl sites for hydroxylation is 1. The Kier molecular flexibility index (Phi) is 5.57. The van der Waals surface area contributed by atoms with Gasteiger partial charge in [0.15, 0.2) is 0 Å². The lowest BCUT2D eigenvalue weighted by Crippen LogP contribution is -2.22. The highest BCUT2D eigenvalue weighted by molar-refractivity contribution is 6.31. The number of hydrogen-bond acceptors (Lipinski definition) is 2. The molecule has 0 aromatic heterocycles. The van der Waals surface area contributed by atoms with Gasteiger partial charge in [-0.1, -0.05) is 54.1 Å². The molecule has 0 aliphatic rings. The summed E-state index contributed by atoms with van der Waals surface area (Å²) >= 11 is 6.06. The van der Waals surface area contributed by atoms with Gasteiger partial charge in [0.05, 0.1) is 11.3 Å². The molecule has 4 nitrogen and oxygen atoms in total. The van der Waals surface area contributed by atoms with Crippen LogP contribution in [0.3, 0.4) is 0 Å². The molecule has 0 unspecified atom stereocenters. The zero-order valence-corrected chi connectivity index (χ0v) is 15.8. The molecule has 0 spiro atoms. The van der Waals surface area contributed by atoms with Crippen molar-refractivity contribution in [2.75, 3.05) is 12.4 Å². The van der Waals surface area contributed by atoms with Crippen molar-refractivity contribution in [3.63, 3.8) is 0 Å². The fourth-order valence-electron chi connectivity index (χ4n) is 2.85. The Morgan fingerprint density at radius 1 is 0.852 bits per heavy atom. The number of hydrogen-bond donors (Lipinski definition) is 2. The van der Waals surface area contributed by atoms with Crippen LogP contribution in [-0.2, 0) is 0 Å². The second-order valence-corrected chi connectivity index (χ2v) is 6.56. The molecule has 3 aromatic rings. The van der Waals surface area contributed by atoms with Crippen molar-refractivity contribution in [2.24, 2.45) is 0 Å². The van der Waals surface area contributed by atoms with E-state index in [2.05, 4.69) is 10.6 Å². The highest BCUT2D eigenvalue weighted by Gasteiger charge is 2.17. The molecule has 3 rings (SSSR count). The predicted octanol–water partition coefficient (Wildman–Crippen LogP) is 4.93. The van der Waals surface area contributed by atoms with E-state index in [0.717, 1.165) is 16.7 Å². The minimum Gasteiger partial charge on any atom is -0.355 e. The van der Waals surface area contributed by atoms with Gasteiger partial charge in [0.2, 0.25) is 0 Å². The summed E-state index contributed by atoms with van der Waals surface area (Å²) in [4.78, 5) is 24.8. The van der Waals surface area contributed by atoms with Gasteiger partial charge in [0.1, 0.15) is 0 Å². The molecular formula is C22H19ClN2O2. The molecule has 0 saturated carbocycles. The van der Waals surface area contributed by atoms with Gasteiger partial charge >= 0.3 is 0 Å². The van der Waals surface area contributed by atoms with E-state index in [-0.39, 0.29) is 11.8 Å². The quantitative estimate of drug-likeness (QED) is 0.676. The Bertz CT molecular complexity index is 983. The van der Waals surface area contributed by atoms with Crippen LogP contribution in [0.1, 0.15) is 26.3 Å². The molecule has 0 aliphatic carbocycles. The van der Waals surface area contributed by atoms with Crippen LogP contribution in [0.25, 0.3) is 11.1 Å². The van der Waals surface area contributed by atoms with Gasteiger partial charge in [-0.05, 0) is 47.9 Å². The summed E-state index contributed by atoms with van der Waals surface area (Å²) < 4.78 is 0. The number of halogens is 1. The standard InChI is InChI=1S/C22H19ClN2O2/c1-14-12-18(23)13-19(22(27)24-2)20(14)25-21(26)17-10-8-16(9-11-17)15-6-4-3-5-7-15/h3-13H,1-2H3,(H,24,27)(H,25,26). The topological polar surface area (TPSA) is 58.2 Å². The molecule has 0 fully saturated rings. The van der Waals surface area contributed by atoms with Gasteiger partial charge in [-0.2, -0.15) is 0 Å². The third kappa shape index (κ3) is 4.18. The maximum Gasteiger partial charge on any atom is 0.255 e. The summed E-state index contributed by atoms with van der Waals surface area (Å²) in [5.74, 6) is -0.597. The Labute approximate surface area is 163 Å². The fraction of sp³-hybridized carbons (Fsp3) is 0.0909. The maximum absolute atomic E-state index is 12.7. The average molecular weight is 379 g/mol. The minimum atomic E-state index is -0.310. The lowest BCUT2D eigenvalue weighted by molar-refractivity contribution is 0.0964. The summed E-state index contributed by atoms with van der Waals surface area (Å²) in [6.45, 7) is 1.80. The third-order valence-corrected chi connectivity index (χ3v) is 4.48.